The van der Waals surface area contributed by atoms with Crippen molar-refractivity contribution in [1.82, 2.24) is 5.32 Å². The largest absolute Gasteiger partial charge is 0.497 e. The minimum atomic E-state index is 0.128. The van der Waals surface area contributed by atoms with Crippen LogP contribution in [0, 0.1) is 5.92 Å². The van der Waals surface area contributed by atoms with Gasteiger partial charge in [0, 0.05) is 18.2 Å². The maximum Gasteiger partial charge on any atom is 0.127 e. The number of benzene rings is 1. The summed E-state index contributed by atoms with van der Waals surface area (Å²) >= 11 is 0. The summed E-state index contributed by atoms with van der Waals surface area (Å²) in [6, 6.07) is 6.03. The van der Waals surface area contributed by atoms with Gasteiger partial charge in [-0.3, -0.25) is 0 Å². The summed E-state index contributed by atoms with van der Waals surface area (Å²) in [5, 5.41) is 3.45. The molecule has 0 saturated heterocycles. The fraction of sp³-hybridized carbons (Fsp3) is 0.647. The first-order valence-electron chi connectivity index (χ1n) is 7.65. The SMILES string of the molecule is CCNC(COCCC(C)C)c1ccc(OC)cc1OC. The highest BCUT2D eigenvalue weighted by atomic mass is 16.5. The van der Waals surface area contributed by atoms with Gasteiger partial charge in [-0.05, 0) is 31.0 Å². The van der Waals surface area contributed by atoms with Crippen LogP contribution < -0.4 is 14.8 Å². The van der Waals surface area contributed by atoms with E-state index in [1.807, 2.05) is 18.2 Å². The summed E-state index contributed by atoms with van der Waals surface area (Å²) in [7, 11) is 3.34. The van der Waals surface area contributed by atoms with Gasteiger partial charge in [0.25, 0.3) is 0 Å². The van der Waals surface area contributed by atoms with Gasteiger partial charge in [0.15, 0.2) is 0 Å². The molecule has 1 aromatic rings. The smallest absolute Gasteiger partial charge is 0.127 e. The van der Waals surface area contributed by atoms with Crippen molar-refractivity contribution < 1.29 is 14.2 Å². The third kappa shape index (κ3) is 5.94. The molecule has 4 nitrogen and oxygen atoms in total. The number of methoxy groups -OCH3 is 2. The lowest BCUT2D eigenvalue weighted by Gasteiger charge is -2.21. The van der Waals surface area contributed by atoms with Crippen molar-refractivity contribution in [3.63, 3.8) is 0 Å². The zero-order valence-electron chi connectivity index (χ0n) is 13.9. The van der Waals surface area contributed by atoms with Crippen molar-refractivity contribution in [3.8, 4) is 11.5 Å². The lowest BCUT2D eigenvalue weighted by molar-refractivity contribution is 0.102. The Morgan fingerprint density at radius 1 is 1.14 bits per heavy atom. The highest BCUT2D eigenvalue weighted by Crippen LogP contribution is 2.29. The fourth-order valence-corrected chi connectivity index (χ4v) is 2.13. The second-order valence-corrected chi connectivity index (χ2v) is 5.48. The standard InChI is InChI=1S/C17H29NO3/c1-6-18-16(12-21-10-9-13(2)3)15-8-7-14(19-4)11-17(15)20-5/h7-8,11,13,16,18H,6,9-10,12H2,1-5H3. The minimum absolute atomic E-state index is 0.128. The van der Waals surface area contributed by atoms with Crippen molar-refractivity contribution in [1.29, 1.82) is 0 Å². The average molecular weight is 295 g/mol. The van der Waals surface area contributed by atoms with Crippen molar-refractivity contribution in [2.75, 3.05) is 34.0 Å². The first-order chi connectivity index (χ1) is 10.1. The Morgan fingerprint density at radius 3 is 2.48 bits per heavy atom. The van der Waals surface area contributed by atoms with E-state index >= 15 is 0 Å². The predicted molar refractivity (Wildman–Crippen MR) is 86.2 cm³/mol. The highest BCUT2D eigenvalue weighted by Gasteiger charge is 2.16. The molecule has 1 rings (SSSR count). The number of rotatable bonds is 10. The molecular formula is C17H29NO3. The zero-order chi connectivity index (χ0) is 15.7. The first-order valence-corrected chi connectivity index (χ1v) is 7.65. The van der Waals surface area contributed by atoms with Gasteiger partial charge in [-0.15, -0.1) is 0 Å². The van der Waals surface area contributed by atoms with Crippen LogP contribution >= 0.6 is 0 Å². The van der Waals surface area contributed by atoms with Crippen molar-refractivity contribution >= 4 is 0 Å². The molecule has 0 aliphatic rings. The maximum absolute atomic E-state index is 5.82. The summed E-state index contributed by atoms with van der Waals surface area (Å²) in [5.74, 6) is 2.29. The molecule has 0 aliphatic carbocycles. The van der Waals surface area contributed by atoms with Gasteiger partial charge in [-0.1, -0.05) is 20.8 Å². The molecule has 0 heterocycles. The van der Waals surface area contributed by atoms with Gasteiger partial charge in [0.2, 0.25) is 0 Å². The maximum atomic E-state index is 5.82. The molecule has 1 aromatic carbocycles. The first kappa shape index (κ1) is 17.8. The summed E-state index contributed by atoms with van der Waals surface area (Å²) in [6.07, 6.45) is 1.08. The summed E-state index contributed by atoms with van der Waals surface area (Å²) in [5.41, 5.74) is 1.10. The Labute approximate surface area is 128 Å². The second kappa shape index (κ2) is 9.64. The van der Waals surface area contributed by atoms with Crippen LogP contribution in [0.15, 0.2) is 18.2 Å². The molecule has 0 spiro atoms. The Hall–Kier alpha value is -1.26. The van der Waals surface area contributed by atoms with Gasteiger partial charge in [-0.2, -0.15) is 0 Å². The van der Waals surface area contributed by atoms with E-state index in [0.29, 0.717) is 12.5 Å². The highest BCUT2D eigenvalue weighted by molar-refractivity contribution is 5.42. The van der Waals surface area contributed by atoms with Crippen LogP contribution in [-0.4, -0.2) is 34.0 Å². The molecule has 1 atom stereocenters. The van der Waals surface area contributed by atoms with E-state index in [2.05, 4.69) is 26.1 Å². The van der Waals surface area contributed by atoms with Crippen molar-refractivity contribution in [2.45, 2.75) is 33.2 Å². The monoisotopic (exact) mass is 295 g/mol. The van der Waals surface area contributed by atoms with Crippen molar-refractivity contribution in [2.24, 2.45) is 5.92 Å². The quantitative estimate of drug-likeness (QED) is 0.671. The third-order valence-corrected chi connectivity index (χ3v) is 3.39. The van der Waals surface area contributed by atoms with Crippen LogP contribution in [0.1, 0.15) is 38.8 Å². The molecule has 0 bridgehead atoms. The molecule has 0 aliphatic heterocycles. The third-order valence-electron chi connectivity index (χ3n) is 3.39. The van der Waals surface area contributed by atoms with E-state index in [0.717, 1.165) is 36.6 Å². The number of hydrogen-bond donors (Lipinski definition) is 1. The van der Waals surface area contributed by atoms with E-state index in [-0.39, 0.29) is 6.04 Å². The van der Waals surface area contributed by atoms with Gasteiger partial charge >= 0.3 is 0 Å². The van der Waals surface area contributed by atoms with E-state index < -0.39 is 0 Å². The molecule has 1 N–H and O–H groups in total. The fourth-order valence-electron chi connectivity index (χ4n) is 2.13. The Kier molecular flexibility index (Phi) is 8.16. The van der Waals surface area contributed by atoms with E-state index in [4.69, 9.17) is 14.2 Å². The molecule has 4 heteroatoms. The molecule has 120 valence electrons. The molecule has 0 amide bonds. The number of ether oxygens (including phenoxy) is 3. The molecule has 0 saturated carbocycles. The predicted octanol–water partition coefficient (Wildman–Crippen LogP) is 3.42. The molecule has 1 unspecified atom stereocenters. The van der Waals surface area contributed by atoms with Gasteiger partial charge in [0.1, 0.15) is 11.5 Å². The van der Waals surface area contributed by atoms with Crippen molar-refractivity contribution in [3.05, 3.63) is 23.8 Å². The topological polar surface area (TPSA) is 39.7 Å². The van der Waals surface area contributed by atoms with Crippen LogP contribution in [0.5, 0.6) is 11.5 Å². The Bertz CT molecular complexity index is 407. The van der Waals surface area contributed by atoms with Gasteiger partial charge in [0.05, 0.1) is 26.9 Å². The minimum Gasteiger partial charge on any atom is -0.497 e. The molecule has 0 radical (unpaired) electrons. The normalized spacial score (nSPS) is 12.5. The van der Waals surface area contributed by atoms with Crippen LogP contribution in [0.3, 0.4) is 0 Å². The lowest BCUT2D eigenvalue weighted by Crippen LogP contribution is -2.26. The number of likely N-dealkylation sites (N-methyl/N-ethyl adjacent to an activating group) is 1. The Balaban J connectivity index is 2.74. The average Bonchev–Trinajstić information content (AvgIpc) is 2.49. The summed E-state index contributed by atoms with van der Waals surface area (Å²) in [4.78, 5) is 0. The molecular weight excluding hydrogens is 266 g/mol. The summed E-state index contributed by atoms with van der Waals surface area (Å²) in [6.45, 7) is 8.82. The van der Waals surface area contributed by atoms with E-state index in [9.17, 15) is 0 Å². The van der Waals surface area contributed by atoms with E-state index in [1.165, 1.54) is 0 Å². The lowest BCUT2D eigenvalue weighted by atomic mass is 10.1. The zero-order valence-corrected chi connectivity index (χ0v) is 13.9. The summed E-state index contributed by atoms with van der Waals surface area (Å²) < 4.78 is 16.5. The Morgan fingerprint density at radius 2 is 1.90 bits per heavy atom. The van der Waals surface area contributed by atoms with Crippen LogP contribution in [0.2, 0.25) is 0 Å². The van der Waals surface area contributed by atoms with Gasteiger partial charge in [-0.25, -0.2) is 0 Å². The van der Waals surface area contributed by atoms with Gasteiger partial charge < -0.3 is 19.5 Å². The van der Waals surface area contributed by atoms with Crippen LogP contribution in [-0.2, 0) is 4.74 Å². The van der Waals surface area contributed by atoms with Crippen LogP contribution in [0.4, 0.5) is 0 Å². The molecule has 21 heavy (non-hydrogen) atoms. The number of nitrogens with one attached hydrogen (secondary N) is 1. The second-order valence-electron chi connectivity index (χ2n) is 5.48. The van der Waals surface area contributed by atoms with E-state index in [1.54, 1.807) is 14.2 Å². The molecule has 0 fully saturated rings. The molecule has 0 aromatic heterocycles. The number of hydrogen-bond acceptors (Lipinski definition) is 4. The van der Waals surface area contributed by atoms with Crippen LogP contribution in [0.25, 0.3) is 0 Å².